The summed E-state index contributed by atoms with van der Waals surface area (Å²) in [6, 6.07) is 0. The van der Waals surface area contributed by atoms with E-state index in [2.05, 4.69) is 19.7 Å². The van der Waals surface area contributed by atoms with Gasteiger partial charge in [-0.15, -0.1) is 0 Å². The number of nitrogens with zero attached hydrogens (tertiary/aromatic N) is 3. The van der Waals surface area contributed by atoms with E-state index in [1.807, 2.05) is 13.8 Å². The maximum Gasteiger partial charge on any atom is 0.149 e. The summed E-state index contributed by atoms with van der Waals surface area (Å²) < 4.78 is 9.57. The molecule has 0 saturated carbocycles. The molecule has 6 heteroatoms. The Morgan fingerprint density at radius 1 is 1.41 bits per heavy atom. The van der Waals surface area contributed by atoms with Crippen LogP contribution in [0.4, 0.5) is 5.82 Å². The van der Waals surface area contributed by atoms with Crippen LogP contribution < -0.4 is 5.32 Å². The van der Waals surface area contributed by atoms with Crippen LogP contribution in [0.25, 0.3) is 10.2 Å². The van der Waals surface area contributed by atoms with Crippen LogP contribution in [0.15, 0.2) is 6.33 Å². The Kier molecular flexibility index (Phi) is 4.22. The largest absolute Gasteiger partial charge is 0.382 e. The number of ether oxygens (including phenoxy) is 1. The molecular weight excluding hydrogens is 236 g/mol. The molecule has 0 unspecified atom stereocenters. The summed E-state index contributed by atoms with van der Waals surface area (Å²) >= 11 is 1.41. The Morgan fingerprint density at radius 3 is 3.12 bits per heavy atom. The molecule has 2 rings (SSSR count). The van der Waals surface area contributed by atoms with E-state index in [4.69, 9.17) is 4.74 Å². The van der Waals surface area contributed by atoms with E-state index in [-0.39, 0.29) is 0 Å². The number of aryl methyl sites for hydroxylation is 1. The first-order valence-electron chi connectivity index (χ1n) is 5.71. The minimum atomic E-state index is 0.769. The van der Waals surface area contributed by atoms with Gasteiger partial charge in [0.2, 0.25) is 0 Å². The molecule has 2 aromatic rings. The fraction of sp³-hybridized carbons (Fsp3) is 0.545. The predicted molar refractivity (Wildman–Crippen MR) is 69.5 cm³/mol. The lowest BCUT2D eigenvalue weighted by molar-refractivity contribution is 0.147. The van der Waals surface area contributed by atoms with E-state index in [1.165, 1.54) is 11.5 Å². The van der Waals surface area contributed by atoms with Crippen LogP contribution in [0.5, 0.6) is 0 Å². The van der Waals surface area contributed by atoms with Crippen molar-refractivity contribution in [3.8, 4) is 0 Å². The zero-order chi connectivity index (χ0) is 12.1. The molecule has 0 atom stereocenters. The van der Waals surface area contributed by atoms with Crippen LogP contribution in [0.3, 0.4) is 0 Å². The van der Waals surface area contributed by atoms with Gasteiger partial charge in [-0.1, -0.05) is 0 Å². The topological polar surface area (TPSA) is 59.9 Å². The predicted octanol–water partition coefficient (Wildman–Crippen LogP) is 2.23. The molecule has 0 aliphatic rings. The number of nitrogens with one attached hydrogen (secondary N) is 1. The number of rotatable bonds is 6. The van der Waals surface area contributed by atoms with E-state index < -0.39 is 0 Å². The van der Waals surface area contributed by atoms with Gasteiger partial charge in [0.1, 0.15) is 17.0 Å². The summed E-state index contributed by atoms with van der Waals surface area (Å²) in [4.78, 5) is 9.40. The monoisotopic (exact) mass is 252 g/mol. The Hall–Kier alpha value is -1.27. The smallest absolute Gasteiger partial charge is 0.149 e. The van der Waals surface area contributed by atoms with Crippen molar-refractivity contribution in [2.24, 2.45) is 0 Å². The number of anilines is 1. The highest BCUT2D eigenvalue weighted by atomic mass is 32.1. The summed E-state index contributed by atoms with van der Waals surface area (Å²) in [6.07, 6.45) is 2.54. The SMILES string of the molecule is CCOCCCNc1ncnc2snc(C)c12. The molecule has 0 saturated heterocycles. The molecule has 2 aromatic heterocycles. The van der Waals surface area contributed by atoms with Gasteiger partial charge in [-0.2, -0.15) is 4.37 Å². The Labute approximate surface area is 104 Å². The average molecular weight is 252 g/mol. The number of fused-ring (bicyclic) bond motifs is 1. The molecule has 0 bridgehead atoms. The second kappa shape index (κ2) is 5.88. The maximum absolute atomic E-state index is 5.28. The zero-order valence-corrected chi connectivity index (χ0v) is 10.9. The standard InChI is InChI=1S/C11H16N4OS/c1-3-16-6-4-5-12-10-9-8(2)15-17-11(9)14-7-13-10/h7H,3-6H2,1-2H3,(H,12,13,14). The van der Waals surface area contributed by atoms with Crippen molar-refractivity contribution >= 4 is 27.6 Å². The normalized spacial score (nSPS) is 10.9. The molecule has 0 aliphatic carbocycles. The van der Waals surface area contributed by atoms with Crippen molar-refractivity contribution in [2.75, 3.05) is 25.1 Å². The van der Waals surface area contributed by atoms with Gasteiger partial charge < -0.3 is 10.1 Å². The zero-order valence-electron chi connectivity index (χ0n) is 10.1. The first-order valence-corrected chi connectivity index (χ1v) is 6.49. The van der Waals surface area contributed by atoms with Crippen molar-refractivity contribution in [2.45, 2.75) is 20.3 Å². The van der Waals surface area contributed by atoms with Gasteiger partial charge in [-0.05, 0) is 31.8 Å². The number of hydrogen-bond acceptors (Lipinski definition) is 6. The highest BCUT2D eigenvalue weighted by Gasteiger charge is 2.09. The molecule has 1 N–H and O–H groups in total. The van der Waals surface area contributed by atoms with E-state index in [0.717, 1.165) is 47.9 Å². The third-order valence-electron chi connectivity index (χ3n) is 2.41. The number of hydrogen-bond donors (Lipinski definition) is 1. The van der Waals surface area contributed by atoms with Gasteiger partial charge in [-0.3, -0.25) is 0 Å². The van der Waals surface area contributed by atoms with Crippen LogP contribution in [0.1, 0.15) is 19.0 Å². The first kappa shape index (κ1) is 12.2. The second-order valence-electron chi connectivity index (χ2n) is 3.65. The van der Waals surface area contributed by atoms with Gasteiger partial charge in [0.15, 0.2) is 0 Å². The van der Waals surface area contributed by atoms with E-state index in [0.29, 0.717) is 0 Å². The summed E-state index contributed by atoms with van der Waals surface area (Å²) in [6.45, 7) is 6.38. The lowest BCUT2D eigenvalue weighted by atomic mass is 10.3. The van der Waals surface area contributed by atoms with Gasteiger partial charge in [0.05, 0.1) is 11.1 Å². The third kappa shape index (κ3) is 2.89. The Morgan fingerprint density at radius 2 is 2.29 bits per heavy atom. The van der Waals surface area contributed by atoms with Gasteiger partial charge in [0, 0.05) is 19.8 Å². The quantitative estimate of drug-likeness (QED) is 0.799. The minimum Gasteiger partial charge on any atom is -0.382 e. The fourth-order valence-corrected chi connectivity index (χ4v) is 2.33. The van der Waals surface area contributed by atoms with Crippen LogP contribution in [-0.2, 0) is 4.74 Å². The molecule has 5 nitrogen and oxygen atoms in total. The Balaban J connectivity index is 2.00. The maximum atomic E-state index is 5.28. The Bertz CT molecular complexity index is 485. The molecule has 0 radical (unpaired) electrons. The van der Waals surface area contributed by atoms with E-state index in [1.54, 1.807) is 6.33 Å². The van der Waals surface area contributed by atoms with Crippen molar-refractivity contribution in [3.05, 3.63) is 12.0 Å². The lowest BCUT2D eigenvalue weighted by Gasteiger charge is -2.06. The molecule has 0 amide bonds. The summed E-state index contributed by atoms with van der Waals surface area (Å²) in [5.41, 5.74) is 0.984. The average Bonchev–Trinajstić information content (AvgIpc) is 2.72. The van der Waals surface area contributed by atoms with Gasteiger partial charge in [-0.25, -0.2) is 9.97 Å². The molecule has 0 fully saturated rings. The number of aromatic nitrogens is 3. The van der Waals surface area contributed by atoms with Crippen LogP contribution in [-0.4, -0.2) is 34.1 Å². The molecular formula is C11H16N4OS. The minimum absolute atomic E-state index is 0.769. The van der Waals surface area contributed by atoms with Crippen LogP contribution in [0.2, 0.25) is 0 Å². The summed E-state index contributed by atoms with van der Waals surface area (Å²) in [7, 11) is 0. The first-order chi connectivity index (χ1) is 8.33. The fourth-order valence-electron chi connectivity index (χ4n) is 1.58. The second-order valence-corrected chi connectivity index (χ2v) is 4.40. The molecule has 0 aromatic carbocycles. The van der Waals surface area contributed by atoms with Gasteiger partial charge in [0.25, 0.3) is 0 Å². The van der Waals surface area contributed by atoms with Crippen molar-refractivity contribution in [3.63, 3.8) is 0 Å². The molecule has 2 heterocycles. The molecule has 0 aliphatic heterocycles. The lowest BCUT2D eigenvalue weighted by Crippen LogP contribution is -2.07. The van der Waals surface area contributed by atoms with Crippen molar-refractivity contribution in [1.29, 1.82) is 0 Å². The van der Waals surface area contributed by atoms with Crippen LogP contribution in [0, 0.1) is 6.92 Å². The summed E-state index contributed by atoms with van der Waals surface area (Å²) in [5.74, 6) is 0.873. The van der Waals surface area contributed by atoms with E-state index >= 15 is 0 Å². The van der Waals surface area contributed by atoms with E-state index in [9.17, 15) is 0 Å². The van der Waals surface area contributed by atoms with Crippen LogP contribution >= 0.6 is 11.5 Å². The third-order valence-corrected chi connectivity index (χ3v) is 3.25. The van der Waals surface area contributed by atoms with Gasteiger partial charge >= 0.3 is 0 Å². The van der Waals surface area contributed by atoms with Crippen molar-refractivity contribution in [1.82, 2.24) is 14.3 Å². The van der Waals surface area contributed by atoms with Crippen molar-refractivity contribution < 1.29 is 4.74 Å². The highest BCUT2D eigenvalue weighted by Crippen LogP contribution is 2.25. The molecule has 92 valence electrons. The highest BCUT2D eigenvalue weighted by molar-refractivity contribution is 7.13. The molecule has 17 heavy (non-hydrogen) atoms. The summed E-state index contributed by atoms with van der Waals surface area (Å²) in [5, 5.41) is 4.35. The molecule has 0 spiro atoms.